The summed E-state index contributed by atoms with van der Waals surface area (Å²) in [5.74, 6) is -0.659. The number of alkyl halides is 10. The maximum Gasteiger partial charge on any atom is 0.534 e. The summed E-state index contributed by atoms with van der Waals surface area (Å²) in [7, 11) is -19.4. The monoisotopic (exact) mass is 950 g/mol. The zero-order chi connectivity index (χ0) is 40.7. The molecule has 1 heterocycles. The summed E-state index contributed by atoms with van der Waals surface area (Å²) in [6.45, 7) is 12.2. The molecule has 0 N–H and O–H groups in total. The van der Waals surface area contributed by atoms with Crippen molar-refractivity contribution in [3.05, 3.63) is 34.6 Å². The average Bonchev–Trinajstić information content (AvgIpc) is 3.45. The second kappa shape index (κ2) is 13.5. The van der Waals surface area contributed by atoms with Gasteiger partial charge in [0.15, 0.2) is 11.6 Å². The first-order chi connectivity index (χ1) is 23.0. The number of allylic oxidation sites excluding steroid dienone is 2. The van der Waals surface area contributed by atoms with Crippen LogP contribution in [0.4, 0.5) is 45.3 Å². The lowest BCUT2D eigenvalue weighted by molar-refractivity contribution is -0.127. The van der Waals surface area contributed by atoms with Crippen molar-refractivity contribution in [1.29, 1.82) is 0 Å². The molecule has 0 amide bonds. The minimum Gasteiger partial charge on any atom is -0.379 e. The Morgan fingerprint density at radius 3 is 1.56 bits per heavy atom. The second-order valence-electron chi connectivity index (χ2n) is 14.1. The van der Waals surface area contributed by atoms with Crippen molar-refractivity contribution in [2.75, 3.05) is 3.71 Å². The highest BCUT2D eigenvalue weighted by Crippen LogP contribution is 2.69. The maximum absolute atomic E-state index is 12.4. The highest BCUT2D eigenvalue weighted by molar-refractivity contribution is 9.11. The van der Waals surface area contributed by atoms with Gasteiger partial charge >= 0.3 is 46.7 Å². The Hall–Kier alpha value is -1.66. The molecule has 5 unspecified atom stereocenters. The third-order valence-corrected chi connectivity index (χ3v) is 17.6. The fourth-order valence-electron chi connectivity index (χ4n) is 7.06. The van der Waals surface area contributed by atoms with Gasteiger partial charge in [0, 0.05) is 21.5 Å². The minimum atomic E-state index is -6.87. The van der Waals surface area contributed by atoms with Gasteiger partial charge in [-0.1, -0.05) is 79.5 Å². The molecule has 52 heavy (non-hydrogen) atoms. The van der Waals surface area contributed by atoms with Crippen molar-refractivity contribution in [2.24, 2.45) is 33.5 Å². The van der Waals surface area contributed by atoms with Gasteiger partial charge in [-0.25, -0.2) is 4.98 Å². The topological polar surface area (TPSA) is 145 Å². The van der Waals surface area contributed by atoms with Crippen molar-refractivity contribution in [3.63, 3.8) is 0 Å². The summed E-state index contributed by atoms with van der Waals surface area (Å²) in [5, 5.41) is 0. The molecule has 4 bridgehead atoms. The van der Waals surface area contributed by atoms with E-state index in [9.17, 15) is 69.6 Å². The van der Waals surface area contributed by atoms with Gasteiger partial charge in [-0.3, -0.25) is 4.79 Å². The van der Waals surface area contributed by atoms with Crippen LogP contribution in [0, 0.1) is 33.5 Å². The Morgan fingerprint density at radius 1 is 0.769 bits per heavy atom. The third-order valence-electron chi connectivity index (χ3n) is 11.0. The number of anilines is 1. The summed E-state index contributed by atoms with van der Waals surface area (Å²) >= 11 is 6.74. The number of sulfonamides is 2. The lowest BCUT2D eigenvalue weighted by Gasteiger charge is -2.35. The van der Waals surface area contributed by atoms with E-state index in [2.05, 4.69) is 61.8 Å². The molecule has 1 aromatic heterocycles. The van der Waals surface area contributed by atoms with Gasteiger partial charge in [0.2, 0.25) is 0 Å². The number of aromatic nitrogens is 1. The average molecular weight is 953 g/mol. The van der Waals surface area contributed by atoms with Crippen molar-refractivity contribution in [1.82, 2.24) is 4.98 Å². The van der Waals surface area contributed by atoms with Crippen LogP contribution >= 0.6 is 31.9 Å². The number of rotatable bonds is 5. The lowest BCUT2D eigenvalue weighted by atomic mass is 9.70. The van der Waals surface area contributed by atoms with E-state index in [-0.39, 0.29) is 32.7 Å². The number of halogens is 11. The zero-order valence-corrected chi connectivity index (χ0v) is 33.5. The zero-order valence-electron chi connectivity index (χ0n) is 27.9. The van der Waals surface area contributed by atoms with Crippen LogP contribution in [0.3, 0.4) is 0 Å². The van der Waals surface area contributed by atoms with Crippen LogP contribution in [0.1, 0.15) is 67.2 Å². The van der Waals surface area contributed by atoms with E-state index in [1.807, 2.05) is 13.8 Å². The van der Waals surface area contributed by atoms with Gasteiger partial charge in [0.1, 0.15) is 5.76 Å². The second-order valence-corrected chi connectivity index (χ2v) is 21.2. The molecule has 5 rings (SSSR count). The van der Waals surface area contributed by atoms with Crippen molar-refractivity contribution in [3.8, 4) is 0 Å². The van der Waals surface area contributed by atoms with E-state index in [1.54, 1.807) is 6.92 Å². The number of carbonyl (C=O) groups is 1. The van der Waals surface area contributed by atoms with Gasteiger partial charge in [-0.15, -0.1) is 3.71 Å². The van der Waals surface area contributed by atoms with Crippen molar-refractivity contribution < 1.29 is 73.7 Å². The Labute approximate surface area is 311 Å². The van der Waals surface area contributed by atoms with Crippen LogP contribution in [-0.4, -0.2) is 57.4 Å². The molecular weight excluding hydrogens is 919 g/mol. The number of Topliss-reactive ketones (excluding diaryl/α,β-unsaturated/α-hetero) is 1. The SMILES string of the molecule is CC12CCC(C(Br)=C1OS(=O)(=O)C(F)(F)F)C2(C)C.CC12CCC(C(Br)C1=O)C2(C)C.O=S(=O)(N(c1ccccn1)S(=O)(=O)C(F)(F)F)C(F)(F)F. The normalized spacial score (nSPS) is 29.6. The Morgan fingerprint density at radius 2 is 1.25 bits per heavy atom. The first-order valence-corrected chi connectivity index (χ1v) is 20.9. The molecule has 4 aliphatic rings. The molecule has 0 spiro atoms. The first-order valence-electron chi connectivity index (χ1n) is 14.9. The first kappa shape index (κ1) is 44.7. The highest BCUT2D eigenvalue weighted by atomic mass is 79.9. The minimum absolute atomic E-state index is 0.00377. The van der Waals surface area contributed by atoms with E-state index in [4.69, 9.17) is 0 Å². The van der Waals surface area contributed by atoms with Gasteiger partial charge in [0.25, 0.3) is 0 Å². The van der Waals surface area contributed by atoms with Crippen LogP contribution < -0.4 is 3.71 Å². The molecule has 5 atom stereocenters. The Kier molecular flexibility index (Phi) is 11.6. The van der Waals surface area contributed by atoms with E-state index in [1.165, 1.54) is 6.42 Å². The summed E-state index contributed by atoms with van der Waals surface area (Å²) in [6, 6.07) is 2.21. The number of carbonyl (C=O) groups excluding carboxylic acids is 1. The number of fused-ring (bicyclic) bond motifs is 4. The van der Waals surface area contributed by atoms with Crippen molar-refractivity contribution >= 4 is 73.6 Å². The molecule has 4 aliphatic carbocycles. The number of hydrogen-bond acceptors (Lipinski definition) is 9. The van der Waals surface area contributed by atoms with E-state index in [0.717, 1.165) is 25.0 Å². The largest absolute Gasteiger partial charge is 0.534 e. The van der Waals surface area contributed by atoms with Crippen LogP contribution in [0.25, 0.3) is 0 Å². The molecule has 0 aromatic carbocycles. The third kappa shape index (κ3) is 7.01. The Balaban J connectivity index is 0.000000217. The molecule has 1 aromatic rings. The summed E-state index contributed by atoms with van der Waals surface area (Å²) in [4.78, 5) is 14.9. The fourth-order valence-corrected chi connectivity index (χ4v) is 13.1. The molecule has 0 saturated heterocycles. The van der Waals surface area contributed by atoms with Crippen LogP contribution in [0.2, 0.25) is 0 Å². The van der Waals surface area contributed by atoms with Crippen molar-refractivity contribution in [2.45, 2.75) is 88.6 Å². The van der Waals surface area contributed by atoms with Crippen LogP contribution in [-0.2, 0) is 39.1 Å². The van der Waals surface area contributed by atoms with Gasteiger partial charge in [-0.05, 0) is 60.5 Å². The van der Waals surface area contributed by atoms with Gasteiger partial charge in [-0.2, -0.15) is 64.8 Å². The molecule has 10 nitrogen and oxygen atoms in total. The smallest absolute Gasteiger partial charge is 0.379 e. The summed E-state index contributed by atoms with van der Waals surface area (Å²) in [5.41, 5.74) is -18.8. The summed E-state index contributed by atoms with van der Waals surface area (Å²) in [6.07, 6.45) is 4.35. The van der Waals surface area contributed by atoms with Crippen LogP contribution in [0.5, 0.6) is 0 Å². The van der Waals surface area contributed by atoms with E-state index in [0.29, 0.717) is 34.9 Å². The number of nitrogens with zero attached hydrogens (tertiary/aromatic N) is 2. The predicted octanol–water partition coefficient (Wildman–Crippen LogP) is 8.28. The number of pyridine rings is 1. The number of ketones is 1. The fraction of sp³-hybridized carbons (Fsp3) is 0.714. The highest BCUT2D eigenvalue weighted by Gasteiger charge is 2.66. The predicted molar refractivity (Wildman–Crippen MR) is 176 cm³/mol. The summed E-state index contributed by atoms with van der Waals surface area (Å²) < 4.78 is 182. The Bertz CT molecular complexity index is 1890. The molecule has 3 saturated carbocycles. The lowest BCUT2D eigenvalue weighted by Crippen LogP contribution is -2.49. The molecule has 3 fully saturated rings. The molecule has 298 valence electrons. The molecule has 0 aliphatic heterocycles. The molecule has 0 radical (unpaired) electrons. The molecular formula is C28H33Br2F9N2O8S3. The maximum atomic E-state index is 12.4. The van der Waals surface area contributed by atoms with Crippen LogP contribution in [0.15, 0.2) is 34.6 Å². The van der Waals surface area contributed by atoms with E-state index < -0.39 is 61.6 Å². The van der Waals surface area contributed by atoms with E-state index >= 15 is 0 Å². The van der Waals surface area contributed by atoms with Gasteiger partial charge < -0.3 is 4.18 Å². The number of hydrogen-bond donors (Lipinski definition) is 0. The van der Waals surface area contributed by atoms with Gasteiger partial charge in [0.05, 0.1) is 4.83 Å². The standard InChI is InChI=1S/C11H14BrF3O3S.C10H15BrO.C7H4F6N2O4S2/c1-9(2)6-4-5-10(9,3)8(7(6)12)18-19(16,17)11(13,14)15;1-9(2)6-4-5-10(9,3)8(12)7(6)11;8-6(9,10)20(16,17)15(5-3-1-2-4-14-5)21(18,19)7(11,12)13/h6H,4-5H2,1-3H3;6-7H,4-5H2,1-3H3;1-4H. The molecule has 24 heteroatoms. The quantitative estimate of drug-likeness (QED) is 0.123.